The van der Waals surface area contributed by atoms with Crippen molar-refractivity contribution in [1.82, 2.24) is 10.2 Å². The van der Waals surface area contributed by atoms with Gasteiger partial charge in [0.05, 0.1) is 6.54 Å². The van der Waals surface area contributed by atoms with E-state index in [1.807, 2.05) is 39.0 Å². The Kier molecular flexibility index (Phi) is 5.49. The predicted molar refractivity (Wildman–Crippen MR) is 91.0 cm³/mol. The second-order valence-electron chi connectivity index (χ2n) is 6.61. The number of hydrogen-bond donors (Lipinski definition) is 2. The fourth-order valence-electron chi connectivity index (χ4n) is 3.05. The van der Waals surface area contributed by atoms with Crippen LogP contribution in [0.3, 0.4) is 0 Å². The number of aliphatic hydroxyl groups excluding tert-OH is 1. The zero-order valence-electron chi connectivity index (χ0n) is 14.8. The first kappa shape index (κ1) is 18.3. The van der Waals surface area contributed by atoms with Gasteiger partial charge in [-0.1, -0.05) is 31.5 Å². The van der Waals surface area contributed by atoms with Crippen molar-refractivity contribution in [3.63, 3.8) is 0 Å². The van der Waals surface area contributed by atoms with Gasteiger partial charge in [-0.3, -0.25) is 9.69 Å². The van der Waals surface area contributed by atoms with E-state index in [-0.39, 0.29) is 19.1 Å². The molecule has 0 aromatic heterocycles. The van der Waals surface area contributed by atoms with Crippen molar-refractivity contribution >= 4 is 11.9 Å². The van der Waals surface area contributed by atoms with Crippen molar-refractivity contribution in [3.8, 4) is 5.75 Å². The number of carbonyl (C=O) groups is 2. The largest absolute Gasteiger partial charge is 0.490 e. The van der Waals surface area contributed by atoms with Gasteiger partial charge in [0.15, 0.2) is 0 Å². The van der Waals surface area contributed by atoms with Crippen LogP contribution in [-0.2, 0) is 4.79 Å². The number of nitrogens with zero attached hydrogens (tertiary/aromatic N) is 1. The van der Waals surface area contributed by atoms with Crippen LogP contribution in [0.25, 0.3) is 0 Å². The average Bonchev–Trinajstić information content (AvgIpc) is 2.70. The molecule has 2 rings (SSSR count). The van der Waals surface area contributed by atoms with Crippen LogP contribution < -0.4 is 10.1 Å². The van der Waals surface area contributed by atoms with Gasteiger partial charge in [-0.2, -0.15) is 0 Å². The zero-order chi connectivity index (χ0) is 17.9. The van der Waals surface area contributed by atoms with Crippen molar-refractivity contribution in [3.05, 3.63) is 29.3 Å². The van der Waals surface area contributed by atoms with Crippen molar-refractivity contribution in [2.75, 3.05) is 13.2 Å². The molecule has 3 amide bonds. The zero-order valence-corrected chi connectivity index (χ0v) is 14.8. The third-order valence-electron chi connectivity index (χ3n) is 4.32. The number of amides is 3. The van der Waals surface area contributed by atoms with Crippen LogP contribution in [0.4, 0.5) is 4.79 Å². The molecule has 1 fully saturated rings. The Hall–Kier alpha value is -2.08. The quantitative estimate of drug-likeness (QED) is 0.749. The Balaban J connectivity index is 1.96. The Bertz CT molecular complexity index is 611. The topological polar surface area (TPSA) is 78.9 Å². The lowest BCUT2D eigenvalue weighted by atomic mass is 9.96. The number of aryl methyl sites for hydroxylation is 2. The van der Waals surface area contributed by atoms with Crippen LogP contribution in [0.15, 0.2) is 18.2 Å². The minimum absolute atomic E-state index is 0.0211. The van der Waals surface area contributed by atoms with Gasteiger partial charge in [-0.15, -0.1) is 0 Å². The molecule has 6 heteroatoms. The third kappa shape index (κ3) is 3.70. The molecular formula is C18H26N2O4. The van der Waals surface area contributed by atoms with Gasteiger partial charge in [-0.05, 0) is 38.3 Å². The van der Waals surface area contributed by atoms with E-state index in [4.69, 9.17) is 4.74 Å². The van der Waals surface area contributed by atoms with E-state index in [1.165, 1.54) is 0 Å². The van der Waals surface area contributed by atoms with Crippen LogP contribution in [0.5, 0.6) is 5.75 Å². The van der Waals surface area contributed by atoms with E-state index in [1.54, 1.807) is 6.92 Å². The molecule has 1 heterocycles. The van der Waals surface area contributed by atoms with E-state index in [0.717, 1.165) is 28.2 Å². The molecule has 0 radical (unpaired) electrons. The van der Waals surface area contributed by atoms with Gasteiger partial charge in [0, 0.05) is 0 Å². The van der Waals surface area contributed by atoms with Gasteiger partial charge in [0.2, 0.25) is 0 Å². The predicted octanol–water partition coefficient (Wildman–Crippen LogP) is 2.15. The number of nitrogens with one attached hydrogen (secondary N) is 1. The van der Waals surface area contributed by atoms with Crippen molar-refractivity contribution in [2.45, 2.75) is 52.2 Å². The minimum Gasteiger partial charge on any atom is -0.490 e. The highest BCUT2D eigenvalue weighted by Crippen LogP contribution is 2.24. The van der Waals surface area contributed by atoms with Crippen molar-refractivity contribution < 1.29 is 19.4 Å². The van der Waals surface area contributed by atoms with E-state index >= 15 is 0 Å². The summed E-state index contributed by atoms with van der Waals surface area (Å²) in [7, 11) is 0. The highest BCUT2D eigenvalue weighted by atomic mass is 16.5. The molecule has 0 saturated carbocycles. The summed E-state index contributed by atoms with van der Waals surface area (Å²) in [6.45, 7) is 7.49. The molecule has 0 bridgehead atoms. The van der Waals surface area contributed by atoms with Crippen molar-refractivity contribution in [1.29, 1.82) is 0 Å². The Morgan fingerprint density at radius 1 is 1.29 bits per heavy atom. The summed E-state index contributed by atoms with van der Waals surface area (Å²) in [6, 6.07) is 5.35. The summed E-state index contributed by atoms with van der Waals surface area (Å²) in [4.78, 5) is 25.5. The maximum Gasteiger partial charge on any atom is 0.325 e. The molecule has 2 unspecified atom stereocenters. The van der Waals surface area contributed by atoms with Crippen LogP contribution in [-0.4, -0.2) is 46.7 Å². The molecule has 6 nitrogen and oxygen atoms in total. The number of carbonyl (C=O) groups excluding carboxylic acids is 2. The monoisotopic (exact) mass is 334 g/mol. The number of hydrogen-bond acceptors (Lipinski definition) is 4. The van der Waals surface area contributed by atoms with Crippen molar-refractivity contribution in [2.24, 2.45) is 0 Å². The SMILES string of the molecule is CCCC1(C)NC(=O)N(CC(O)COc2c(C)cccc2C)C1=O. The maximum atomic E-state index is 12.4. The Labute approximate surface area is 142 Å². The van der Waals surface area contributed by atoms with Gasteiger partial charge in [0.1, 0.15) is 24.0 Å². The summed E-state index contributed by atoms with van der Waals surface area (Å²) in [5.74, 6) is 0.435. The highest BCUT2D eigenvalue weighted by Gasteiger charge is 2.47. The van der Waals surface area contributed by atoms with Crippen LogP contribution >= 0.6 is 0 Å². The van der Waals surface area contributed by atoms with Gasteiger partial charge >= 0.3 is 6.03 Å². The lowest BCUT2D eigenvalue weighted by Crippen LogP contribution is -2.44. The third-order valence-corrected chi connectivity index (χ3v) is 4.32. The number of imide groups is 1. The summed E-state index contributed by atoms with van der Waals surface area (Å²) in [5, 5.41) is 12.9. The summed E-state index contributed by atoms with van der Waals surface area (Å²) < 4.78 is 5.69. The number of rotatable bonds is 7. The molecule has 132 valence electrons. The van der Waals surface area contributed by atoms with Crippen LogP contribution in [0.1, 0.15) is 37.8 Å². The lowest BCUT2D eigenvalue weighted by molar-refractivity contribution is -0.132. The lowest BCUT2D eigenvalue weighted by Gasteiger charge is -2.22. The first-order valence-corrected chi connectivity index (χ1v) is 8.29. The highest BCUT2D eigenvalue weighted by molar-refractivity contribution is 6.06. The number of urea groups is 1. The molecule has 1 saturated heterocycles. The molecule has 0 aliphatic carbocycles. The van der Waals surface area contributed by atoms with E-state index in [0.29, 0.717) is 6.42 Å². The molecule has 2 atom stereocenters. The van der Waals surface area contributed by atoms with E-state index in [9.17, 15) is 14.7 Å². The fourth-order valence-corrected chi connectivity index (χ4v) is 3.05. The molecule has 1 aliphatic rings. The Morgan fingerprint density at radius 3 is 2.50 bits per heavy atom. The second-order valence-corrected chi connectivity index (χ2v) is 6.61. The molecular weight excluding hydrogens is 308 g/mol. The molecule has 1 aromatic rings. The van der Waals surface area contributed by atoms with Crippen LogP contribution in [0.2, 0.25) is 0 Å². The number of para-hydroxylation sites is 1. The van der Waals surface area contributed by atoms with E-state index < -0.39 is 17.7 Å². The number of aliphatic hydroxyl groups is 1. The standard InChI is InChI=1S/C18H26N2O4/c1-5-9-18(4)16(22)20(17(23)19-18)10-14(21)11-24-15-12(2)7-6-8-13(15)3/h6-8,14,21H,5,9-11H2,1-4H3,(H,19,23). The minimum atomic E-state index is -0.942. The smallest absolute Gasteiger partial charge is 0.325 e. The fraction of sp³-hybridized carbons (Fsp3) is 0.556. The first-order valence-electron chi connectivity index (χ1n) is 8.29. The van der Waals surface area contributed by atoms with Crippen LogP contribution in [0, 0.1) is 13.8 Å². The Morgan fingerprint density at radius 2 is 1.92 bits per heavy atom. The maximum absolute atomic E-state index is 12.4. The number of β-amino-alcohol motifs (C(OH)–C–C–N with tert-alkyl or cyclic N) is 1. The number of benzene rings is 1. The summed E-state index contributed by atoms with van der Waals surface area (Å²) >= 11 is 0. The summed E-state index contributed by atoms with van der Waals surface area (Å²) in [5.41, 5.74) is 1.08. The molecule has 1 aliphatic heterocycles. The first-order chi connectivity index (χ1) is 11.3. The molecule has 1 aromatic carbocycles. The van der Waals surface area contributed by atoms with Gasteiger partial charge < -0.3 is 15.2 Å². The second kappa shape index (κ2) is 7.21. The molecule has 24 heavy (non-hydrogen) atoms. The summed E-state index contributed by atoms with van der Waals surface area (Å²) in [6.07, 6.45) is 0.417. The average molecular weight is 334 g/mol. The number of ether oxygens (including phenoxy) is 1. The van der Waals surface area contributed by atoms with Gasteiger partial charge in [0.25, 0.3) is 5.91 Å². The van der Waals surface area contributed by atoms with Gasteiger partial charge in [-0.25, -0.2) is 4.79 Å². The molecule has 0 spiro atoms. The molecule has 2 N–H and O–H groups in total. The van der Waals surface area contributed by atoms with E-state index in [2.05, 4.69) is 5.32 Å². The normalized spacial score (nSPS) is 21.8.